The van der Waals surface area contributed by atoms with Crippen molar-refractivity contribution >= 4 is 11.3 Å². The third-order valence-corrected chi connectivity index (χ3v) is 2.78. The molecule has 2 heterocycles. The summed E-state index contributed by atoms with van der Waals surface area (Å²) in [4.78, 5) is 4.24. The van der Waals surface area contributed by atoms with E-state index >= 15 is 0 Å². The Bertz CT molecular complexity index is 556. The molecule has 0 saturated carbocycles. The summed E-state index contributed by atoms with van der Waals surface area (Å²) in [5.74, 6) is 1.00. The van der Waals surface area contributed by atoms with Gasteiger partial charge in [0.15, 0.2) is 5.82 Å². The summed E-state index contributed by atoms with van der Waals surface area (Å²) in [6, 6.07) is 1.97. The summed E-state index contributed by atoms with van der Waals surface area (Å²) in [5.41, 5.74) is 1.85. The zero-order valence-electron chi connectivity index (χ0n) is 11.5. The quantitative estimate of drug-likeness (QED) is 0.794. The Morgan fingerprint density at radius 2 is 2.20 bits per heavy atom. The maximum absolute atomic E-state index is 11.9. The largest absolute Gasteiger partial charge is 0.374 e. The first-order chi connectivity index (χ1) is 9.58. The molecule has 0 atom stereocenters. The van der Waals surface area contributed by atoms with Gasteiger partial charge in [-0.2, -0.15) is 5.10 Å². The Hall–Kier alpha value is -1.76. The van der Waals surface area contributed by atoms with Gasteiger partial charge in [-0.1, -0.05) is 13.8 Å². The van der Waals surface area contributed by atoms with E-state index in [1.165, 1.54) is 0 Å². The highest BCUT2D eigenvalue weighted by molar-refractivity contribution is 5.67. The van der Waals surface area contributed by atoms with Gasteiger partial charge in [-0.3, -0.25) is 0 Å². The Labute approximate surface area is 116 Å². The standard InChI is InChI=1S/C13H18F2N4O/c1-9(2)10-7-11-13(16-3-5-19(11)18-10)17-4-6-20-8-12(14)15/h3,5,7,9,12H,4,6,8H2,1-2H3,(H,16,17). The van der Waals surface area contributed by atoms with E-state index in [-0.39, 0.29) is 6.61 Å². The summed E-state index contributed by atoms with van der Waals surface area (Å²) in [5, 5.41) is 7.52. The fourth-order valence-electron chi connectivity index (χ4n) is 1.77. The molecular weight excluding hydrogens is 266 g/mol. The second kappa shape index (κ2) is 6.60. The minimum atomic E-state index is -2.43. The van der Waals surface area contributed by atoms with Crippen LogP contribution in [-0.2, 0) is 4.74 Å². The van der Waals surface area contributed by atoms with E-state index in [2.05, 4.69) is 29.2 Å². The first-order valence-electron chi connectivity index (χ1n) is 6.52. The van der Waals surface area contributed by atoms with Crippen LogP contribution < -0.4 is 5.32 Å². The van der Waals surface area contributed by atoms with E-state index in [1.54, 1.807) is 16.9 Å². The van der Waals surface area contributed by atoms with Gasteiger partial charge < -0.3 is 10.1 Å². The molecule has 110 valence electrons. The van der Waals surface area contributed by atoms with Crippen LogP contribution in [0.1, 0.15) is 25.5 Å². The Kier molecular flexibility index (Phi) is 4.84. The number of ether oxygens (including phenoxy) is 1. The number of nitrogens with zero attached hydrogens (tertiary/aromatic N) is 3. The lowest BCUT2D eigenvalue weighted by molar-refractivity contribution is 0.0215. The lowest BCUT2D eigenvalue weighted by Crippen LogP contribution is -2.14. The number of rotatable bonds is 7. The molecule has 0 bridgehead atoms. The molecule has 1 N–H and O–H groups in total. The van der Waals surface area contributed by atoms with Gasteiger partial charge in [0, 0.05) is 18.9 Å². The van der Waals surface area contributed by atoms with Crippen molar-refractivity contribution in [3.63, 3.8) is 0 Å². The first kappa shape index (κ1) is 14.6. The predicted molar refractivity (Wildman–Crippen MR) is 72.4 cm³/mol. The summed E-state index contributed by atoms with van der Waals surface area (Å²) in [7, 11) is 0. The predicted octanol–water partition coefficient (Wildman–Crippen LogP) is 2.55. The molecule has 0 aliphatic carbocycles. The highest BCUT2D eigenvalue weighted by atomic mass is 19.3. The van der Waals surface area contributed by atoms with Crippen molar-refractivity contribution in [3.8, 4) is 0 Å². The number of hydrogen-bond acceptors (Lipinski definition) is 4. The van der Waals surface area contributed by atoms with Crippen molar-refractivity contribution in [1.82, 2.24) is 14.6 Å². The maximum atomic E-state index is 11.9. The van der Waals surface area contributed by atoms with Gasteiger partial charge in [-0.15, -0.1) is 0 Å². The van der Waals surface area contributed by atoms with Crippen LogP contribution in [-0.4, -0.2) is 40.8 Å². The Balaban J connectivity index is 1.99. The monoisotopic (exact) mass is 284 g/mol. The van der Waals surface area contributed by atoms with E-state index in [9.17, 15) is 8.78 Å². The number of alkyl halides is 2. The molecule has 0 fully saturated rings. The van der Waals surface area contributed by atoms with Gasteiger partial charge >= 0.3 is 0 Å². The zero-order chi connectivity index (χ0) is 14.5. The highest BCUT2D eigenvalue weighted by Crippen LogP contribution is 2.19. The zero-order valence-corrected chi connectivity index (χ0v) is 11.5. The van der Waals surface area contributed by atoms with E-state index in [4.69, 9.17) is 4.74 Å². The van der Waals surface area contributed by atoms with Gasteiger partial charge in [0.05, 0.1) is 12.3 Å². The van der Waals surface area contributed by atoms with E-state index in [1.807, 2.05) is 6.07 Å². The molecule has 0 amide bonds. The van der Waals surface area contributed by atoms with Gasteiger partial charge in [0.2, 0.25) is 0 Å². The molecule has 2 aromatic heterocycles. The van der Waals surface area contributed by atoms with Crippen LogP contribution in [0.15, 0.2) is 18.5 Å². The van der Waals surface area contributed by atoms with Crippen LogP contribution in [0.2, 0.25) is 0 Å². The normalized spacial score (nSPS) is 11.7. The van der Waals surface area contributed by atoms with E-state index < -0.39 is 13.0 Å². The smallest absolute Gasteiger partial charge is 0.261 e. The second-order valence-electron chi connectivity index (χ2n) is 4.72. The summed E-state index contributed by atoms with van der Waals surface area (Å²) in [6.07, 6.45) is 0.992. The summed E-state index contributed by atoms with van der Waals surface area (Å²) in [6.45, 7) is 4.23. The molecular formula is C13H18F2N4O. The average Bonchev–Trinajstić information content (AvgIpc) is 2.83. The summed E-state index contributed by atoms with van der Waals surface area (Å²) < 4.78 is 30.4. The lowest BCUT2D eigenvalue weighted by atomic mass is 10.1. The third-order valence-electron chi connectivity index (χ3n) is 2.78. The molecule has 20 heavy (non-hydrogen) atoms. The third kappa shape index (κ3) is 3.63. The molecule has 2 aromatic rings. The molecule has 0 radical (unpaired) electrons. The van der Waals surface area contributed by atoms with Crippen LogP contribution in [0.25, 0.3) is 5.52 Å². The number of anilines is 1. The number of halogens is 2. The number of fused-ring (bicyclic) bond motifs is 1. The van der Waals surface area contributed by atoms with Crippen LogP contribution in [0.3, 0.4) is 0 Å². The highest BCUT2D eigenvalue weighted by Gasteiger charge is 2.09. The SMILES string of the molecule is CC(C)c1cc2c(NCCOCC(F)F)nccn2n1. The van der Waals surface area contributed by atoms with E-state index in [0.717, 1.165) is 11.2 Å². The molecule has 0 saturated heterocycles. The van der Waals surface area contributed by atoms with Crippen LogP contribution >= 0.6 is 0 Å². The summed E-state index contributed by atoms with van der Waals surface area (Å²) >= 11 is 0. The molecule has 0 unspecified atom stereocenters. The number of nitrogens with one attached hydrogen (secondary N) is 1. The van der Waals surface area contributed by atoms with E-state index in [0.29, 0.717) is 18.3 Å². The topological polar surface area (TPSA) is 51.5 Å². The van der Waals surface area contributed by atoms with Gasteiger partial charge in [0.1, 0.15) is 12.1 Å². The molecule has 0 aliphatic heterocycles. The fourth-order valence-corrected chi connectivity index (χ4v) is 1.77. The van der Waals surface area contributed by atoms with Crippen molar-refractivity contribution in [1.29, 1.82) is 0 Å². The number of aromatic nitrogens is 3. The second-order valence-corrected chi connectivity index (χ2v) is 4.72. The van der Waals surface area contributed by atoms with Crippen molar-refractivity contribution in [2.24, 2.45) is 0 Å². The van der Waals surface area contributed by atoms with Crippen molar-refractivity contribution in [2.45, 2.75) is 26.2 Å². The van der Waals surface area contributed by atoms with Crippen molar-refractivity contribution in [2.75, 3.05) is 25.1 Å². The average molecular weight is 284 g/mol. The fraction of sp³-hybridized carbons (Fsp3) is 0.538. The Morgan fingerprint density at radius 3 is 2.90 bits per heavy atom. The van der Waals surface area contributed by atoms with Crippen molar-refractivity contribution < 1.29 is 13.5 Å². The number of hydrogen-bond donors (Lipinski definition) is 1. The lowest BCUT2D eigenvalue weighted by Gasteiger charge is -2.07. The van der Waals surface area contributed by atoms with Gasteiger partial charge in [-0.05, 0) is 12.0 Å². The molecule has 0 aliphatic rings. The molecule has 7 heteroatoms. The molecule has 5 nitrogen and oxygen atoms in total. The molecule has 0 spiro atoms. The minimum absolute atomic E-state index is 0.207. The van der Waals surface area contributed by atoms with Crippen LogP contribution in [0.5, 0.6) is 0 Å². The maximum Gasteiger partial charge on any atom is 0.261 e. The van der Waals surface area contributed by atoms with Gasteiger partial charge in [-0.25, -0.2) is 18.3 Å². The Morgan fingerprint density at radius 1 is 1.40 bits per heavy atom. The molecule has 0 aromatic carbocycles. The van der Waals surface area contributed by atoms with Crippen LogP contribution in [0.4, 0.5) is 14.6 Å². The van der Waals surface area contributed by atoms with Gasteiger partial charge in [0.25, 0.3) is 6.43 Å². The minimum Gasteiger partial charge on any atom is -0.374 e. The van der Waals surface area contributed by atoms with Crippen LogP contribution in [0, 0.1) is 0 Å². The van der Waals surface area contributed by atoms with Crippen molar-refractivity contribution in [3.05, 3.63) is 24.2 Å². The first-order valence-corrected chi connectivity index (χ1v) is 6.52. The molecule has 2 rings (SSSR count).